The molecule has 0 aliphatic carbocycles. The van der Waals surface area contributed by atoms with E-state index in [9.17, 15) is 18.4 Å². The standard InChI is InChI=1S/C30H37F2N5O2/c1-18(2)28-34-25-5-3-4-23(27(25)36-28)29(38)35-26(20-8-12-33-13-9-20)16-19-10-14-37(15-11-19)30(39)22-7-6-21(31)17-24(22)32/h3-7,17-20,26,33H,8-16H2,1-2H3,(H,34,36)(H,35,38). The van der Waals surface area contributed by atoms with E-state index in [1.54, 1.807) is 4.90 Å². The Hall–Kier alpha value is -3.33. The van der Waals surface area contributed by atoms with Crippen molar-refractivity contribution in [2.75, 3.05) is 26.2 Å². The molecule has 39 heavy (non-hydrogen) atoms. The number of aromatic nitrogens is 2. The molecule has 1 unspecified atom stereocenters. The van der Waals surface area contributed by atoms with Crippen molar-refractivity contribution in [2.45, 2.75) is 57.9 Å². The largest absolute Gasteiger partial charge is 0.349 e. The number of amides is 2. The molecule has 0 bridgehead atoms. The molecule has 3 N–H and O–H groups in total. The molecule has 3 heterocycles. The Bertz CT molecular complexity index is 1330. The summed E-state index contributed by atoms with van der Waals surface area (Å²) < 4.78 is 27.5. The Morgan fingerprint density at radius 1 is 1.05 bits per heavy atom. The number of nitrogens with zero attached hydrogens (tertiary/aromatic N) is 2. The zero-order chi connectivity index (χ0) is 27.5. The highest BCUT2D eigenvalue weighted by atomic mass is 19.1. The SMILES string of the molecule is CC(C)c1nc2c(C(=O)NC(CC3CCN(C(=O)c4ccc(F)cc4F)CC3)C3CCNCC3)cccc2[nH]1. The average molecular weight is 538 g/mol. The first-order valence-electron chi connectivity index (χ1n) is 14.0. The number of carbonyl (C=O) groups excluding carboxylic acids is 2. The van der Waals surface area contributed by atoms with Gasteiger partial charge in [-0.1, -0.05) is 19.9 Å². The topological polar surface area (TPSA) is 90.1 Å². The van der Waals surface area contributed by atoms with Gasteiger partial charge in [0.2, 0.25) is 0 Å². The van der Waals surface area contributed by atoms with Crippen LogP contribution >= 0.6 is 0 Å². The van der Waals surface area contributed by atoms with Gasteiger partial charge < -0.3 is 20.5 Å². The van der Waals surface area contributed by atoms with Crippen molar-refractivity contribution in [2.24, 2.45) is 11.8 Å². The lowest BCUT2D eigenvalue weighted by molar-refractivity contribution is 0.0668. The number of para-hydroxylation sites is 1. The highest BCUT2D eigenvalue weighted by Gasteiger charge is 2.32. The summed E-state index contributed by atoms with van der Waals surface area (Å²) in [6.07, 6.45) is 4.38. The van der Waals surface area contributed by atoms with Gasteiger partial charge in [0, 0.05) is 31.1 Å². The van der Waals surface area contributed by atoms with Gasteiger partial charge in [-0.15, -0.1) is 0 Å². The summed E-state index contributed by atoms with van der Waals surface area (Å²) in [6, 6.07) is 8.76. The van der Waals surface area contributed by atoms with E-state index in [1.165, 1.54) is 6.07 Å². The van der Waals surface area contributed by atoms with Crippen LogP contribution in [0.5, 0.6) is 0 Å². The number of hydrogen-bond donors (Lipinski definition) is 3. The van der Waals surface area contributed by atoms with Crippen LogP contribution in [-0.4, -0.2) is 58.9 Å². The lowest BCUT2D eigenvalue weighted by Crippen LogP contribution is -2.47. The Labute approximate surface area is 227 Å². The molecule has 2 fully saturated rings. The van der Waals surface area contributed by atoms with Crippen molar-refractivity contribution >= 4 is 22.8 Å². The predicted octanol–water partition coefficient (Wildman–Crippen LogP) is 5.01. The lowest BCUT2D eigenvalue weighted by atomic mass is 9.81. The number of H-pyrrole nitrogens is 1. The fourth-order valence-electron chi connectivity index (χ4n) is 5.93. The average Bonchev–Trinajstić information content (AvgIpc) is 3.38. The molecule has 1 atom stereocenters. The molecule has 2 aliphatic rings. The summed E-state index contributed by atoms with van der Waals surface area (Å²) in [5.41, 5.74) is 2.04. The van der Waals surface area contributed by atoms with Crippen LogP contribution in [0.15, 0.2) is 36.4 Å². The predicted molar refractivity (Wildman–Crippen MR) is 147 cm³/mol. The molecular formula is C30H37F2N5O2. The van der Waals surface area contributed by atoms with Crippen molar-refractivity contribution in [3.05, 3.63) is 65.0 Å². The molecule has 0 radical (unpaired) electrons. The first-order chi connectivity index (χ1) is 18.8. The van der Waals surface area contributed by atoms with Gasteiger partial charge in [0.25, 0.3) is 11.8 Å². The third kappa shape index (κ3) is 6.13. The minimum Gasteiger partial charge on any atom is -0.349 e. The molecule has 2 aliphatic heterocycles. The number of piperidine rings is 2. The summed E-state index contributed by atoms with van der Waals surface area (Å²) in [5.74, 6) is -0.239. The lowest BCUT2D eigenvalue weighted by Gasteiger charge is -2.37. The third-order valence-corrected chi connectivity index (χ3v) is 8.24. The van der Waals surface area contributed by atoms with E-state index < -0.39 is 17.5 Å². The van der Waals surface area contributed by atoms with Gasteiger partial charge in [0.05, 0.1) is 16.6 Å². The highest BCUT2D eigenvalue weighted by molar-refractivity contribution is 6.05. The number of likely N-dealkylation sites (tertiary alicyclic amines) is 1. The fourth-order valence-corrected chi connectivity index (χ4v) is 5.93. The van der Waals surface area contributed by atoms with Gasteiger partial charge in [0.1, 0.15) is 23.0 Å². The van der Waals surface area contributed by atoms with Crippen LogP contribution in [0.3, 0.4) is 0 Å². The van der Waals surface area contributed by atoms with E-state index in [-0.39, 0.29) is 23.4 Å². The first-order valence-corrected chi connectivity index (χ1v) is 14.0. The molecule has 0 spiro atoms. The highest BCUT2D eigenvalue weighted by Crippen LogP contribution is 2.29. The van der Waals surface area contributed by atoms with Crippen LogP contribution in [0.4, 0.5) is 8.78 Å². The Balaban J connectivity index is 1.27. The molecule has 0 saturated carbocycles. The maximum atomic E-state index is 14.2. The summed E-state index contributed by atoms with van der Waals surface area (Å²) in [6.45, 7) is 7.02. The molecule has 2 saturated heterocycles. The van der Waals surface area contributed by atoms with Gasteiger partial charge in [-0.05, 0) is 81.3 Å². The van der Waals surface area contributed by atoms with Gasteiger partial charge in [0.15, 0.2) is 0 Å². The van der Waals surface area contributed by atoms with Crippen LogP contribution in [0.1, 0.15) is 78.4 Å². The number of imidazole rings is 1. The number of carbonyl (C=O) groups is 2. The van der Waals surface area contributed by atoms with E-state index in [2.05, 4.69) is 29.5 Å². The van der Waals surface area contributed by atoms with Gasteiger partial charge in [-0.2, -0.15) is 0 Å². The van der Waals surface area contributed by atoms with Crippen molar-refractivity contribution in [3.63, 3.8) is 0 Å². The van der Waals surface area contributed by atoms with E-state index in [1.807, 2.05) is 18.2 Å². The van der Waals surface area contributed by atoms with Crippen LogP contribution in [0.2, 0.25) is 0 Å². The molecule has 5 rings (SSSR count). The normalized spacial score (nSPS) is 18.0. The molecule has 208 valence electrons. The second kappa shape index (κ2) is 11.8. The zero-order valence-corrected chi connectivity index (χ0v) is 22.6. The summed E-state index contributed by atoms with van der Waals surface area (Å²) in [4.78, 5) is 36.1. The first kappa shape index (κ1) is 27.2. The molecule has 3 aromatic rings. The van der Waals surface area contributed by atoms with Crippen molar-refractivity contribution in [1.82, 2.24) is 25.5 Å². The quantitative estimate of drug-likeness (QED) is 0.396. The maximum absolute atomic E-state index is 14.2. The zero-order valence-electron chi connectivity index (χ0n) is 22.6. The van der Waals surface area contributed by atoms with Gasteiger partial charge >= 0.3 is 0 Å². The summed E-state index contributed by atoms with van der Waals surface area (Å²) in [7, 11) is 0. The van der Waals surface area contributed by atoms with Gasteiger partial charge in [-0.3, -0.25) is 9.59 Å². The van der Waals surface area contributed by atoms with Crippen LogP contribution < -0.4 is 10.6 Å². The second-order valence-electron chi connectivity index (χ2n) is 11.2. The van der Waals surface area contributed by atoms with E-state index >= 15 is 0 Å². The number of hydrogen-bond acceptors (Lipinski definition) is 4. The Morgan fingerprint density at radius 2 is 1.79 bits per heavy atom. The molecule has 7 nitrogen and oxygen atoms in total. The number of rotatable bonds is 7. The fraction of sp³-hybridized carbons (Fsp3) is 0.500. The minimum absolute atomic E-state index is 0.0140. The number of aromatic amines is 1. The Morgan fingerprint density at radius 3 is 2.49 bits per heavy atom. The van der Waals surface area contributed by atoms with Gasteiger partial charge in [-0.25, -0.2) is 13.8 Å². The van der Waals surface area contributed by atoms with E-state index in [0.29, 0.717) is 36.0 Å². The summed E-state index contributed by atoms with van der Waals surface area (Å²) >= 11 is 0. The molecular weight excluding hydrogens is 500 g/mol. The number of halogens is 2. The van der Waals surface area contributed by atoms with Crippen LogP contribution in [-0.2, 0) is 0 Å². The monoisotopic (exact) mass is 537 g/mol. The smallest absolute Gasteiger partial charge is 0.256 e. The van der Waals surface area contributed by atoms with Crippen molar-refractivity contribution in [3.8, 4) is 0 Å². The minimum atomic E-state index is -0.830. The number of fused-ring (bicyclic) bond motifs is 1. The number of benzene rings is 2. The number of nitrogens with one attached hydrogen (secondary N) is 3. The Kier molecular flexibility index (Phi) is 8.26. The summed E-state index contributed by atoms with van der Waals surface area (Å²) in [5, 5.41) is 6.78. The van der Waals surface area contributed by atoms with E-state index in [4.69, 9.17) is 4.98 Å². The third-order valence-electron chi connectivity index (χ3n) is 8.24. The molecule has 2 aromatic carbocycles. The van der Waals surface area contributed by atoms with Crippen molar-refractivity contribution < 1.29 is 18.4 Å². The van der Waals surface area contributed by atoms with Crippen LogP contribution in [0, 0.1) is 23.5 Å². The van der Waals surface area contributed by atoms with E-state index in [0.717, 1.165) is 68.7 Å². The van der Waals surface area contributed by atoms with Crippen LogP contribution in [0.25, 0.3) is 11.0 Å². The second-order valence-corrected chi connectivity index (χ2v) is 11.2. The molecule has 1 aromatic heterocycles. The maximum Gasteiger partial charge on any atom is 0.256 e. The molecule has 2 amide bonds. The molecule has 9 heteroatoms. The van der Waals surface area contributed by atoms with Crippen molar-refractivity contribution in [1.29, 1.82) is 0 Å².